The summed E-state index contributed by atoms with van der Waals surface area (Å²) in [5.74, 6) is -2.19. The van der Waals surface area contributed by atoms with Gasteiger partial charge in [-0.1, -0.05) is 0 Å². The topological polar surface area (TPSA) is 130 Å². The first-order valence-corrected chi connectivity index (χ1v) is 15.9. The van der Waals surface area contributed by atoms with Crippen LogP contribution in [0.15, 0.2) is 36.9 Å². The molecule has 5 heterocycles. The summed E-state index contributed by atoms with van der Waals surface area (Å²) in [6.07, 6.45) is 7.17. The highest BCUT2D eigenvalue weighted by atomic mass is 19.2. The Morgan fingerprint density at radius 2 is 1.83 bits per heavy atom. The highest BCUT2D eigenvalue weighted by Crippen LogP contribution is 2.55. The predicted molar refractivity (Wildman–Crippen MR) is 177 cm³/mol. The number of amides is 2. The first-order valence-electron chi connectivity index (χ1n) is 15.9. The normalized spacial score (nSPS) is 19.4. The number of nitrogens with one attached hydrogen (secondary N) is 2. The quantitative estimate of drug-likeness (QED) is 0.222. The summed E-state index contributed by atoms with van der Waals surface area (Å²) < 4.78 is 44.2. The molecule has 7 rings (SSSR count). The van der Waals surface area contributed by atoms with Crippen molar-refractivity contribution >= 4 is 51.1 Å². The van der Waals surface area contributed by atoms with E-state index in [1.165, 1.54) is 7.05 Å². The summed E-state index contributed by atoms with van der Waals surface area (Å²) >= 11 is 0. The SMILES string of the molecule is CN(C(=O)OC(C)(C)C)c1cc(F)c(F)c2c1[nH]c1ncc(-c3cnc4ccnn4c3)c(N3CC[C@@]4(C[C@H]4NC(=O)OC(C)(C)C)C3)c12. The molecule has 1 aliphatic carbocycles. The standard InChI is InChI=1S/C34H38F2N8O4/c1-32(2,3)47-30(45)40-22-13-34(22)9-11-43(17-34)28-19(18-14-37-23-8-10-39-44(23)16-18)15-38-29-25(28)24-26(36)20(35)12-21(27(24)41-29)42(7)31(46)48-33(4,5)6/h8,10,12,14-16,22H,9,11,13,17H2,1-7H3,(H,38,41)(H,40,45)/t22-,34-/m1/s1. The molecule has 1 aliphatic heterocycles. The summed E-state index contributed by atoms with van der Waals surface area (Å²) in [7, 11) is 1.45. The first-order chi connectivity index (χ1) is 22.5. The fourth-order valence-electron chi connectivity index (χ4n) is 6.65. The number of hydrogen-bond donors (Lipinski definition) is 2. The number of benzene rings is 1. The van der Waals surface area contributed by atoms with Gasteiger partial charge in [0, 0.05) is 73.4 Å². The molecule has 2 atom stereocenters. The van der Waals surface area contributed by atoms with Gasteiger partial charge in [-0.3, -0.25) is 4.90 Å². The summed E-state index contributed by atoms with van der Waals surface area (Å²) in [5.41, 5.74) is 1.59. The van der Waals surface area contributed by atoms with Crippen LogP contribution in [0.4, 0.5) is 29.7 Å². The van der Waals surface area contributed by atoms with Crippen molar-refractivity contribution in [1.29, 1.82) is 0 Å². The zero-order valence-corrected chi connectivity index (χ0v) is 27.9. The maximum Gasteiger partial charge on any atom is 0.414 e. The maximum absolute atomic E-state index is 16.1. The Kier molecular flexibility index (Phi) is 7.08. The fourth-order valence-corrected chi connectivity index (χ4v) is 6.65. The summed E-state index contributed by atoms with van der Waals surface area (Å²) in [4.78, 5) is 41.4. The van der Waals surface area contributed by atoms with Gasteiger partial charge in [0.05, 0.1) is 33.9 Å². The van der Waals surface area contributed by atoms with E-state index in [2.05, 4.69) is 30.3 Å². The van der Waals surface area contributed by atoms with Crippen molar-refractivity contribution in [3.8, 4) is 11.1 Å². The minimum absolute atomic E-state index is 0.0342. The lowest BCUT2D eigenvalue weighted by Crippen LogP contribution is -2.36. The first kappa shape index (κ1) is 31.6. The van der Waals surface area contributed by atoms with E-state index in [-0.39, 0.29) is 28.0 Å². The third-order valence-electron chi connectivity index (χ3n) is 8.91. The largest absolute Gasteiger partial charge is 0.444 e. The van der Waals surface area contributed by atoms with Gasteiger partial charge in [-0.05, 0) is 54.4 Å². The number of anilines is 2. The minimum Gasteiger partial charge on any atom is -0.444 e. The number of rotatable bonds is 4. The summed E-state index contributed by atoms with van der Waals surface area (Å²) in [5, 5.41) is 7.68. The van der Waals surface area contributed by atoms with Gasteiger partial charge in [0.25, 0.3) is 0 Å². The molecule has 2 N–H and O–H groups in total. The van der Waals surface area contributed by atoms with Crippen molar-refractivity contribution in [1.82, 2.24) is 29.9 Å². The average Bonchev–Trinajstić information content (AvgIpc) is 3.39. The zero-order chi connectivity index (χ0) is 34.3. The molecule has 12 nitrogen and oxygen atoms in total. The predicted octanol–water partition coefficient (Wildman–Crippen LogP) is 6.57. The zero-order valence-electron chi connectivity index (χ0n) is 27.9. The molecule has 2 amide bonds. The van der Waals surface area contributed by atoms with E-state index in [1.807, 2.05) is 27.0 Å². The Labute approximate surface area is 275 Å². The van der Waals surface area contributed by atoms with Crippen LogP contribution in [0.3, 0.4) is 0 Å². The maximum atomic E-state index is 16.1. The highest BCUT2D eigenvalue weighted by Gasteiger charge is 2.59. The van der Waals surface area contributed by atoms with Gasteiger partial charge < -0.3 is 24.7 Å². The second-order valence-corrected chi connectivity index (χ2v) is 14.8. The van der Waals surface area contributed by atoms with Crippen LogP contribution in [0.5, 0.6) is 0 Å². The number of H-pyrrole nitrogens is 1. The van der Waals surface area contributed by atoms with Gasteiger partial charge in [0.1, 0.15) is 16.8 Å². The van der Waals surface area contributed by atoms with Crippen LogP contribution in [0, 0.1) is 17.0 Å². The molecule has 5 aromatic rings. The van der Waals surface area contributed by atoms with E-state index in [9.17, 15) is 9.59 Å². The number of carbonyl (C=O) groups is 2. The molecule has 0 unspecified atom stereocenters. The van der Waals surface area contributed by atoms with E-state index in [1.54, 1.807) is 49.9 Å². The van der Waals surface area contributed by atoms with E-state index >= 15 is 8.78 Å². The lowest BCUT2D eigenvalue weighted by molar-refractivity contribution is 0.0515. The molecule has 0 bridgehead atoms. The number of alkyl carbamates (subject to hydrolysis) is 1. The number of fused-ring (bicyclic) bond motifs is 4. The van der Waals surface area contributed by atoms with Crippen LogP contribution in [-0.4, -0.2) is 74.1 Å². The van der Waals surface area contributed by atoms with Gasteiger partial charge in [-0.15, -0.1) is 0 Å². The second-order valence-electron chi connectivity index (χ2n) is 14.8. The number of ether oxygens (including phenoxy) is 2. The van der Waals surface area contributed by atoms with Gasteiger partial charge >= 0.3 is 12.2 Å². The number of hydrogen-bond acceptors (Lipinski definition) is 8. The third-order valence-corrected chi connectivity index (χ3v) is 8.91. The Morgan fingerprint density at radius 3 is 2.56 bits per heavy atom. The Morgan fingerprint density at radius 1 is 1.08 bits per heavy atom. The molecule has 14 heteroatoms. The van der Waals surface area contributed by atoms with E-state index in [0.717, 1.165) is 23.8 Å². The third kappa shape index (κ3) is 5.52. The second kappa shape index (κ2) is 10.8. The minimum atomic E-state index is -1.12. The molecular weight excluding hydrogens is 622 g/mol. The number of pyridine rings is 1. The molecule has 1 saturated heterocycles. The number of carbonyl (C=O) groups excluding carboxylic acids is 2. The van der Waals surface area contributed by atoms with Crippen molar-refractivity contribution in [3.63, 3.8) is 0 Å². The fraction of sp³-hybridized carbons (Fsp3) is 0.441. The van der Waals surface area contributed by atoms with Crippen molar-refractivity contribution in [2.45, 2.75) is 71.6 Å². The van der Waals surface area contributed by atoms with Crippen LogP contribution < -0.4 is 15.1 Å². The van der Waals surface area contributed by atoms with Gasteiger partial charge in [0.15, 0.2) is 17.3 Å². The Hall–Kier alpha value is -5.01. The van der Waals surface area contributed by atoms with E-state index in [0.29, 0.717) is 46.6 Å². The van der Waals surface area contributed by atoms with Gasteiger partial charge in [0.2, 0.25) is 0 Å². The molecule has 1 saturated carbocycles. The molecule has 0 radical (unpaired) electrons. The molecule has 1 spiro atoms. The number of halogens is 2. The van der Waals surface area contributed by atoms with Crippen molar-refractivity contribution < 1.29 is 27.8 Å². The van der Waals surface area contributed by atoms with Gasteiger partial charge in [-0.25, -0.2) is 32.9 Å². The van der Waals surface area contributed by atoms with Crippen LogP contribution >= 0.6 is 0 Å². The van der Waals surface area contributed by atoms with E-state index in [4.69, 9.17) is 9.47 Å². The smallest absolute Gasteiger partial charge is 0.414 e. The summed E-state index contributed by atoms with van der Waals surface area (Å²) in [6.45, 7) is 11.8. The highest BCUT2D eigenvalue weighted by molar-refractivity contribution is 6.19. The van der Waals surface area contributed by atoms with Crippen LogP contribution in [0.2, 0.25) is 0 Å². The van der Waals surface area contributed by atoms with Crippen LogP contribution in [0.1, 0.15) is 54.4 Å². The lowest BCUT2D eigenvalue weighted by atomic mass is 10.0. The van der Waals surface area contributed by atoms with Crippen LogP contribution in [-0.2, 0) is 9.47 Å². The molecule has 2 aliphatic rings. The molecule has 48 heavy (non-hydrogen) atoms. The average molecular weight is 661 g/mol. The molecule has 1 aromatic carbocycles. The monoisotopic (exact) mass is 660 g/mol. The molecule has 2 fully saturated rings. The molecular formula is C34H38F2N8O4. The van der Waals surface area contributed by atoms with Crippen LogP contribution in [0.25, 0.3) is 38.7 Å². The lowest BCUT2D eigenvalue weighted by Gasteiger charge is -2.25. The Balaban J connectivity index is 1.37. The van der Waals surface area contributed by atoms with Crippen molar-refractivity contribution in [2.75, 3.05) is 29.9 Å². The van der Waals surface area contributed by atoms with Crippen molar-refractivity contribution in [2.24, 2.45) is 5.41 Å². The molecule has 252 valence electrons. The summed E-state index contributed by atoms with van der Waals surface area (Å²) in [6, 6.07) is 2.67. The number of aromatic amines is 1. The van der Waals surface area contributed by atoms with Gasteiger partial charge in [-0.2, -0.15) is 5.10 Å². The Bertz CT molecular complexity index is 2110. The van der Waals surface area contributed by atoms with Crippen molar-refractivity contribution in [3.05, 3.63) is 48.6 Å². The van der Waals surface area contributed by atoms with E-state index < -0.39 is 35.0 Å². The number of nitrogens with zero attached hydrogens (tertiary/aromatic N) is 6. The number of aromatic nitrogens is 5. The molecule has 4 aromatic heterocycles.